The number of nitrogen functional groups attached to an aromatic ring is 1. The maximum Gasteiger partial charge on any atom is 0.251 e. The molecule has 0 atom stereocenters. The van der Waals surface area contributed by atoms with Crippen molar-refractivity contribution in [2.45, 2.75) is 13.5 Å². The third kappa shape index (κ3) is 3.21. The van der Waals surface area contributed by atoms with Gasteiger partial charge in [0.2, 0.25) is 0 Å². The van der Waals surface area contributed by atoms with Crippen LogP contribution in [0.25, 0.3) is 0 Å². The van der Waals surface area contributed by atoms with Crippen LogP contribution in [-0.4, -0.2) is 10.9 Å². The molecule has 0 spiro atoms. The van der Waals surface area contributed by atoms with Crippen molar-refractivity contribution in [2.75, 3.05) is 5.73 Å². The van der Waals surface area contributed by atoms with Crippen molar-refractivity contribution in [1.29, 1.82) is 0 Å². The molecule has 2 aromatic rings. The lowest BCUT2D eigenvalue weighted by molar-refractivity contribution is 0.0951. The number of halogens is 1. The molecule has 0 saturated carbocycles. The highest BCUT2D eigenvalue weighted by Crippen LogP contribution is 2.17. The lowest BCUT2D eigenvalue weighted by Crippen LogP contribution is -2.22. The van der Waals surface area contributed by atoms with Crippen LogP contribution in [-0.2, 0) is 6.54 Å². The van der Waals surface area contributed by atoms with Gasteiger partial charge in [0.15, 0.2) is 0 Å². The zero-order valence-electron chi connectivity index (χ0n) is 9.74. The van der Waals surface area contributed by atoms with E-state index in [1.54, 1.807) is 35.7 Å². The van der Waals surface area contributed by atoms with E-state index in [9.17, 15) is 4.79 Å². The van der Waals surface area contributed by atoms with Gasteiger partial charge in [0.05, 0.1) is 11.6 Å². The van der Waals surface area contributed by atoms with E-state index in [4.69, 9.17) is 17.3 Å². The molecule has 1 heterocycles. The summed E-state index contributed by atoms with van der Waals surface area (Å²) in [7, 11) is 0. The molecule has 3 N–H and O–H groups in total. The average molecular weight is 282 g/mol. The van der Waals surface area contributed by atoms with Crippen LogP contribution in [0.2, 0.25) is 5.02 Å². The van der Waals surface area contributed by atoms with E-state index < -0.39 is 0 Å². The number of anilines is 1. The van der Waals surface area contributed by atoms with Crippen LogP contribution in [0.4, 0.5) is 5.69 Å². The molecule has 0 aliphatic rings. The number of rotatable bonds is 3. The Balaban J connectivity index is 2.03. The van der Waals surface area contributed by atoms with Gasteiger partial charge in [-0.25, -0.2) is 4.98 Å². The molecule has 18 heavy (non-hydrogen) atoms. The second-order valence-corrected chi connectivity index (χ2v) is 5.56. The van der Waals surface area contributed by atoms with E-state index in [-0.39, 0.29) is 5.91 Å². The summed E-state index contributed by atoms with van der Waals surface area (Å²) in [5.74, 6) is -0.199. The van der Waals surface area contributed by atoms with E-state index in [0.717, 1.165) is 9.88 Å². The van der Waals surface area contributed by atoms with Gasteiger partial charge in [-0.1, -0.05) is 11.6 Å². The molecule has 1 aromatic carbocycles. The first-order valence-corrected chi connectivity index (χ1v) is 6.49. The molecule has 1 amide bonds. The Bertz CT molecular complexity index is 562. The maximum absolute atomic E-state index is 11.9. The van der Waals surface area contributed by atoms with Crippen LogP contribution < -0.4 is 11.1 Å². The number of hydrogen-bond acceptors (Lipinski definition) is 4. The zero-order valence-corrected chi connectivity index (χ0v) is 11.3. The second kappa shape index (κ2) is 5.37. The smallest absolute Gasteiger partial charge is 0.251 e. The minimum Gasteiger partial charge on any atom is -0.399 e. The van der Waals surface area contributed by atoms with Crippen LogP contribution >= 0.6 is 22.9 Å². The molecule has 0 bridgehead atoms. The molecule has 0 aliphatic heterocycles. The minimum atomic E-state index is -0.199. The highest BCUT2D eigenvalue weighted by Gasteiger charge is 2.08. The number of nitrogens with one attached hydrogen (secondary N) is 1. The van der Waals surface area contributed by atoms with Gasteiger partial charge < -0.3 is 11.1 Å². The fourth-order valence-electron chi connectivity index (χ4n) is 1.50. The number of nitrogens with zero attached hydrogens (tertiary/aromatic N) is 1. The van der Waals surface area contributed by atoms with E-state index in [2.05, 4.69) is 10.3 Å². The summed E-state index contributed by atoms with van der Waals surface area (Å²) in [5, 5.41) is 4.23. The van der Waals surface area contributed by atoms with Crippen molar-refractivity contribution in [3.8, 4) is 0 Å². The Morgan fingerprint density at radius 3 is 2.89 bits per heavy atom. The van der Waals surface area contributed by atoms with Crippen molar-refractivity contribution in [3.63, 3.8) is 0 Å². The highest BCUT2D eigenvalue weighted by atomic mass is 35.5. The molecule has 2 rings (SSSR count). The summed E-state index contributed by atoms with van der Waals surface area (Å²) < 4.78 is 0. The molecule has 0 unspecified atom stereocenters. The molecule has 4 nitrogen and oxygen atoms in total. The first-order chi connectivity index (χ1) is 8.54. The quantitative estimate of drug-likeness (QED) is 0.850. The fraction of sp³-hybridized carbons (Fsp3) is 0.167. The molecule has 0 saturated heterocycles. The average Bonchev–Trinajstić information content (AvgIpc) is 2.70. The molecule has 0 aliphatic carbocycles. The Morgan fingerprint density at radius 2 is 2.28 bits per heavy atom. The number of hydrogen-bond donors (Lipinski definition) is 2. The third-order valence-corrected chi connectivity index (χ3v) is 3.41. The van der Waals surface area contributed by atoms with E-state index in [0.29, 0.717) is 22.8 Å². The first kappa shape index (κ1) is 12.9. The number of carbonyl (C=O) groups excluding carboxylic acids is 1. The van der Waals surface area contributed by atoms with Crippen LogP contribution in [0.1, 0.15) is 20.2 Å². The molecule has 1 aromatic heterocycles. The van der Waals surface area contributed by atoms with Gasteiger partial charge in [-0.2, -0.15) is 0 Å². The van der Waals surface area contributed by atoms with Crippen LogP contribution in [0.15, 0.2) is 24.4 Å². The number of carbonyl (C=O) groups is 1. The van der Waals surface area contributed by atoms with Crippen LogP contribution in [0.3, 0.4) is 0 Å². The summed E-state index contributed by atoms with van der Waals surface area (Å²) in [5.41, 5.74) is 6.57. The Labute approximate surface area is 114 Å². The number of thiazole rings is 1. The molecule has 94 valence electrons. The molecular formula is C12H12ClN3OS. The molecule has 6 heteroatoms. The van der Waals surface area contributed by atoms with Crippen molar-refractivity contribution >= 4 is 34.5 Å². The first-order valence-electron chi connectivity index (χ1n) is 5.30. The number of aryl methyl sites for hydroxylation is 1. The topological polar surface area (TPSA) is 68.0 Å². The fourth-order valence-corrected chi connectivity index (χ4v) is 2.48. The lowest BCUT2D eigenvalue weighted by atomic mass is 10.2. The number of nitrogens with two attached hydrogens (primary N) is 1. The zero-order chi connectivity index (χ0) is 13.1. The lowest BCUT2D eigenvalue weighted by Gasteiger charge is -2.05. The van der Waals surface area contributed by atoms with Crippen molar-refractivity contribution in [2.24, 2.45) is 0 Å². The van der Waals surface area contributed by atoms with Crippen molar-refractivity contribution in [3.05, 3.63) is 44.9 Å². The summed E-state index contributed by atoms with van der Waals surface area (Å²) in [4.78, 5) is 17.0. The monoisotopic (exact) mass is 281 g/mol. The number of benzene rings is 1. The number of aromatic nitrogens is 1. The maximum atomic E-state index is 11.9. The van der Waals surface area contributed by atoms with Crippen molar-refractivity contribution in [1.82, 2.24) is 10.3 Å². The Hall–Kier alpha value is -1.59. The van der Waals surface area contributed by atoms with E-state index in [1.807, 2.05) is 6.92 Å². The van der Waals surface area contributed by atoms with Crippen molar-refractivity contribution < 1.29 is 4.79 Å². The van der Waals surface area contributed by atoms with Gasteiger partial charge in [-0.15, -0.1) is 11.3 Å². The van der Waals surface area contributed by atoms with Gasteiger partial charge in [-0.3, -0.25) is 4.79 Å². The largest absolute Gasteiger partial charge is 0.399 e. The minimum absolute atomic E-state index is 0.199. The predicted molar refractivity (Wildman–Crippen MR) is 73.9 cm³/mol. The summed E-state index contributed by atoms with van der Waals surface area (Å²) in [6.45, 7) is 2.38. The van der Waals surface area contributed by atoms with Gasteiger partial charge in [-0.05, 0) is 25.1 Å². The predicted octanol–water partition coefficient (Wildman–Crippen LogP) is 2.62. The van der Waals surface area contributed by atoms with Crippen LogP contribution in [0, 0.1) is 6.92 Å². The number of amides is 1. The van der Waals surface area contributed by atoms with E-state index in [1.165, 1.54) is 0 Å². The highest BCUT2D eigenvalue weighted by molar-refractivity contribution is 7.11. The Morgan fingerprint density at radius 1 is 1.50 bits per heavy atom. The molecule has 0 fully saturated rings. The Kier molecular flexibility index (Phi) is 3.84. The summed E-state index contributed by atoms with van der Waals surface area (Å²) in [6.07, 6.45) is 1.76. The normalized spacial score (nSPS) is 10.3. The standard InChI is InChI=1S/C12H12ClN3OS/c1-7-15-5-11(18-7)6-16-12(17)8-2-9(13)4-10(14)3-8/h2-5H,6,14H2,1H3,(H,16,17). The summed E-state index contributed by atoms with van der Waals surface area (Å²) in [6, 6.07) is 4.79. The van der Waals surface area contributed by atoms with Gasteiger partial charge in [0.25, 0.3) is 5.91 Å². The summed E-state index contributed by atoms with van der Waals surface area (Å²) >= 11 is 7.40. The second-order valence-electron chi connectivity index (χ2n) is 3.80. The molecule has 0 radical (unpaired) electrons. The third-order valence-electron chi connectivity index (χ3n) is 2.27. The van der Waals surface area contributed by atoms with Gasteiger partial charge >= 0.3 is 0 Å². The van der Waals surface area contributed by atoms with Crippen LogP contribution in [0.5, 0.6) is 0 Å². The SMILES string of the molecule is Cc1ncc(CNC(=O)c2cc(N)cc(Cl)c2)s1. The van der Waals surface area contributed by atoms with Gasteiger partial charge in [0.1, 0.15) is 0 Å². The molecular weight excluding hydrogens is 270 g/mol. The van der Waals surface area contributed by atoms with Gasteiger partial charge in [0, 0.05) is 27.3 Å². The van der Waals surface area contributed by atoms with E-state index >= 15 is 0 Å².